The number of carbonyl (C=O) groups excluding carboxylic acids is 2. The van der Waals surface area contributed by atoms with Gasteiger partial charge in [-0.15, -0.1) is 0 Å². The number of urea groups is 1. The van der Waals surface area contributed by atoms with Crippen LogP contribution in [-0.4, -0.2) is 42.0 Å². The average molecular weight is 294 g/mol. The average Bonchev–Trinajstić information content (AvgIpc) is 2.84. The largest absolute Gasteiger partial charge is 0.392 e. The predicted molar refractivity (Wildman–Crippen MR) is 84.0 cm³/mol. The number of nitrogens with zero attached hydrogens (tertiary/aromatic N) is 1. The van der Waals surface area contributed by atoms with Crippen molar-refractivity contribution >= 4 is 12.8 Å². The summed E-state index contributed by atoms with van der Waals surface area (Å²) >= 11 is 0. The minimum absolute atomic E-state index is 0.137. The van der Waals surface area contributed by atoms with Crippen LogP contribution < -0.4 is 5.32 Å². The van der Waals surface area contributed by atoms with Gasteiger partial charge in [0, 0.05) is 19.1 Å². The standard InChI is InChI=1S/C7H8O.C6H10N2O.C2H6.CH2O/c8-6-7-4-2-1-3-5-7;9-6-7-5-2-1-3-8(6)4-5;2*1-2/h1-5,8H,6H2;5H,1-4H2,(H,7,9);1-2H3;1H2. The zero-order valence-corrected chi connectivity index (χ0v) is 12.9. The van der Waals surface area contributed by atoms with E-state index in [1.807, 2.05) is 55.9 Å². The number of benzene rings is 1. The normalized spacial score (nSPS) is 18.0. The van der Waals surface area contributed by atoms with Gasteiger partial charge < -0.3 is 20.1 Å². The Bertz CT molecular complexity index is 384. The highest BCUT2D eigenvalue weighted by molar-refractivity contribution is 5.77. The number of carbonyl (C=O) groups is 2. The van der Waals surface area contributed by atoms with Gasteiger partial charge in [0.25, 0.3) is 0 Å². The summed E-state index contributed by atoms with van der Waals surface area (Å²) in [5.41, 5.74) is 0.965. The zero-order chi connectivity index (χ0) is 16.1. The summed E-state index contributed by atoms with van der Waals surface area (Å²) in [7, 11) is 0. The quantitative estimate of drug-likeness (QED) is 0.834. The predicted octanol–water partition coefficient (Wildman–Crippen LogP) is 2.19. The third-order valence-electron chi connectivity index (χ3n) is 3.06. The maximum Gasteiger partial charge on any atom is 0.317 e. The summed E-state index contributed by atoms with van der Waals surface area (Å²) in [4.78, 5) is 20.8. The Morgan fingerprint density at radius 2 is 1.90 bits per heavy atom. The number of piperidine rings is 1. The SMILES string of the molecule is C=O.CC.O=C1NC2CCCN1C2.OCc1ccccc1. The molecule has 5 nitrogen and oxygen atoms in total. The van der Waals surface area contributed by atoms with Crippen LogP contribution in [0.4, 0.5) is 4.79 Å². The Hall–Kier alpha value is -1.88. The van der Waals surface area contributed by atoms with Crippen LogP contribution in [0.5, 0.6) is 0 Å². The van der Waals surface area contributed by atoms with Gasteiger partial charge in [0.2, 0.25) is 0 Å². The van der Waals surface area contributed by atoms with Gasteiger partial charge in [-0.1, -0.05) is 44.2 Å². The molecule has 2 aliphatic rings. The van der Waals surface area contributed by atoms with Crippen molar-refractivity contribution in [2.45, 2.75) is 39.3 Å². The van der Waals surface area contributed by atoms with Crippen LogP contribution in [0, 0.1) is 0 Å². The molecule has 0 saturated carbocycles. The molecule has 3 rings (SSSR count). The van der Waals surface area contributed by atoms with E-state index in [2.05, 4.69) is 5.32 Å². The molecule has 2 bridgehead atoms. The lowest BCUT2D eigenvalue weighted by Gasteiger charge is -2.18. The molecule has 0 spiro atoms. The van der Waals surface area contributed by atoms with Crippen molar-refractivity contribution in [1.82, 2.24) is 10.2 Å². The van der Waals surface area contributed by atoms with E-state index in [4.69, 9.17) is 9.90 Å². The first-order valence-corrected chi connectivity index (χ1v) is 7.28. The molecule has 5 heteroatoms. The Morgan fingerprint density at radius 3 is 2.33 bits per heavy atom. The highest BCUT2D eigenvalue weighted by Crippen LogP contribution is 2.15. The molecule has 0 aliphatic carbocycles. The summed E-state index contributed by atoms with van der Waals surface area (Å²) in [6, 6.07) is 10.1. The molecule has 2 heterocycles. The number of rotatable bonds is 1. The van der Waals surface area contributed by atoms with Crippen molar-refractivity contribution in [2.24, 2.45) is 0 Å². The number of fused-ring (bicyclic) bond motifs is 2. The molecule has 0 radical (unpaired) electrons. The van der Waals surface area contributed by atoms with Crippen molar-refractivity contribution in [3.63, 3.8) is 0 Å². The van der Waals surface area contributed by atoms with Crippen LogP contribution in [0.2, 0.25) is 0 Å². The van der Waals surface area contributed by atoms with Crippen molar-refractivity contribution < 1.29 is 14.7 Å². The second-order valence-electron chi connectivity index (χ2n) is 4.38. The lowest BCUT2D eigenvalue weighted by Crippen LogP contribution is -2.30. The first-order valence-electron chi connectivity index (χ1n) is 7.28. The van der Waals surface area contributed by atoms with E-state index in [9.17, 15) is 4.79 Å². The van der Waals surface area contributed by atoms with Gasteiger partial charge in [0.15, 0.2) is 0 Å². The van der Waals surface area contributed by atoms with Gasteiger partial charge in [-0.25, -0.2) is 4.79 Å². The van der Waals surface area contributed by atoms with E-state index < -0.39 is 0 Å². The fourth-order valence-electron chi connectivity index (χ4n) is 2.13. The van der Waals surface area contributed by atoms with Gasteiger partial charge in [-0.2, -0.15) is 0 Å². The van der Waals surface area contributed by atoms with Crippen LogP contribution in [0.1, 0.15) is 32.3 Å². The highest BCUT2D eigenvalue weighted by Gasteiger charge is 2.31. The number of hydrogen-bond donors (Lipinski definition) is 2. The molecule has 2 fully saturated rings. The lowest BCUT2D eigenvalue weighted by molar-refractivity contribution is -0.0979. The summed E-state index contributed by atoms with van der Waals surface area (Å²) in [5, 5.41) is 11.4. The third-order valence-corrected chi connectivity index (χ3v) is 3.06. The molecule has 1 aromatic rings. The van der Waals surface area contributed by atoms with Crippen LogP contribution in [0.15, 0.2) is 30.3 Å². The topological polar surface area (TPSA) is 69.6 Å². The van der Waals surface area contributed by atoms with Crippen molar-refractivity contribution in [1.29, 1.82) is 0 Å². The van der Waals surface area contributed by atoms with Crippen molar-refractivity contribution in [2.75, 3.05) is 13.1 Å². The summed E-state index contributed by atoms with van der Waals surface area (Å²) in [6.45, 7) is 8.04. The third kappa shape index (κ3) is 6.90. The fraction of sp³-hybridized carbons (Fsp3) is 0.500. The van der Waals surface area contributed by atoms with E-state index >= 15 is 0 Å². The van der Waals surface area contributed by atoms with Gasteiger partial charge in [0.1, 0.15) is 6.79 Å². The van der Waals surface area contributed by atoms with Crippen LogP contribution in [-0.2, 0) is 11.4 Å². The Balaban J connectivity index is 0.000000311. The van der Waals surface area contributed by atoms with E-state index in [0.717, 1.165) is 18.7 Å². The molecule has 1 aromatic carbocycles. The maximum atomic E-state index is 10.9. The molecule has 118 valence electrons. The van der Waals surface area contributed by atoms with Gasteiger partial charge in [-0.05, 0) is 18.4 Å². The van der Waals surface area contributed by atoms with Gasteiger partial charge >= 0.3 is 6.03 Å². The van der Waals surface area contributed by atoms with Crippen LogP contribution >= 0.6 is 0 Å². The number of nitrogens with one attached hydrogen (secondary N) is 1. The van der Waals surface area contributed by atoms with Crippen LogP contribution in [0.25, 0.3) is 0 Å². The molecular weight excluding hydrogens is 268 g/mol. The number of aliphatic hydroxyl groups is 1. The summed E-state index contributed by atoms with van der Waals surface area (Å²) < 4.78 is 0. The van der Waals surface area contributed by atoms with Crippen molar-refractivity contribution in [3.8, 4) is 0 Å². The van der Waals surface area contributed by atoms with Gasteiger partial charge in [0.05, 0.1) is 6.61 Å². The Kier molecular flexibility index (Phi) is 10.8. The second kappa shape index (κ2) is 11.9. The smallest absolute Gasteiger partial charge is 0.317 e. The zero-order valence-electron chi connectivity index (χ0n) is 12.9. The summed E-state index contributed by atoms with van der Waals surface area (Å²) in [5.74, 6) is 0. The molecular formula is C16H26N2O3. The van der Waals surface area contributed by atoms with Crippen molar-refractivity contribution in [3.05, 3.63) is 35.9 Å². The monoisotopic (exact) mass is 294 g/mol. The second-order valence-corrected chi connectivity index (χ2v) is 4.38. The minimum atomic E-state index is 0.137. The maximum absolute atomic E-state index is 10.9. The molecule has 1 unspecified atom stereocenters. The molecule has 2 N–H and O–H groups in total. The van der Waals surface area contributed by atoms with Gasteiger partial charge in [-0.3, -0.25) is 0 Å². The summed E-state index contributed by atoms with van der Waals surface area (Å²) in [6.07, 6.45) is 2.34. The Labute approximate surface area is 127 Å². The molecule has 2 amide bonds. The number of aliphatic hydroxyl groups excluding tert-OH is 1. The lowest BCUT2D eigenvalue weighted by atomic mass is 10.1. The highest BCUT2D eigenvalue weighted by atomic mass is 16.3. The van der Waals surface area contributed by atoms with E-state index in [1.165, 1.54) is 12.8 Å². The Morgan fingerprint density at radius 1 is 1.29 bits per heavy atom. The minimum Gasteiger partial charge on any atom is -0.392 e. The molecule has 1 atom stereocenters. The molecule has 2 saturated heterocycles. The number of hydrogen-bond acceptors (Lipinski definition) is 3. The molecule has 21 heavy (non-hydrogen) atoms. The first-order chi connectivity index (χ1) is 10.3. The van der Waals surface area contributed by atoms with E-state index in [0.29, 0.717) is 6.04 Å². The number of amides is 2. The molecule has 2 aliphatic heterocycles. The fourth-order valence-corrected chi connectivity index (χ4v) is 2.13. The van der Waals surface area contributed by atoms with Crippen LogP contribution in [0.3, 0.4) is 0 Å². The molecule has 0 aromatic heterocycles. The van der Waals surface area contributed by atoms with E-state index in [-0.39, 0.29) is 12.6 Å². The first kappa shape index (κ1) is 19.1. The van der Waals surface area contributed by atoms with E-state index in [1.54, 1.807) is 0 Å².